The van der Waals surface area contributed by atoms with Crippen LogP contribution in [0.3, 0.4) is 0 Å². The van der Waals surface area contributed by atoms with Gasteiger partial charge in [0.25, 0.3) is 0 Å². The fourth-order valence-corrected chi connectivity index (χ4v) is 3.69. The minimum atomic E-state index is -1.06. The van der Waals surface area contributed by atoms with Crippen LogP contribution in [0.15, 0.2) is 74.3 Å². The highest BCUT2D eigenvalue weighted by Crippen LogP contribution is 2.47. The molecule has 5 nitrogen and oxygen atoms in total. The van der Waals surface area contributed by atoms with E-state index in [9.17, 15) is 20.1 Å². The minimum Gasteiger partial charge on any atom is -0.507 e. The Morgan fingerprint density at radius 3 is 2.56 bits per heavy atom. The Balaban J connectivity index is 2.14. The summed E-state index contributed by atoms with van der Waals surface area (Å²) >= 11 is 6.57. The molecule has 0 aromatic heterocycles. The minimum absolute atomic E-state index is 0.0237. The number of aromatic carboxylic acids is 1. The van der Waals surface area contributed by atoms with Gasteiger partial charge in [0.15, 0.2) is 11.5 Å². The molecule has 27 heavy (non-hydrogen) atoms. The Morgan fingerprint density at radius 2 is 1.81 bits per heavy atom. The van der Waals surface area contributed by atoms with Gasteiger partial charge in [0, 0.05) is 22.8 Å². The van der Waals surface area contributed by atoms with Crippen molar-refractivity contribution < 1.29 is 24.9 Å². The van der Waals surface area contributed by atoms with Crippen LogP contribution in [-0.4, -0.2) is 21.3 Å². The largest absolute Gasteiger partial charge is 0.507 e. The van der Waals surface area contributed by atoms with E-state index in [0.29, 0.717) is 37.0 Å². The summed E-state index contributed by atoms with van der Waals surface area (Å²) in [7, 11) is 0. The number of hydrogen-bond acceptors (Lipinski definition) is 4. The van der Waals surface area contributed by atoms with Crippen molar-refractivity contribution in [2.24, 2.45) is 0 Å². The van der Waals surface area contributed by atoms with Gasteiger partial charge in [-0.3, -0.25) is 0 Å². The zero-order valence-electron chi connectivity index (χ0n) is 13.5. The molecule has 0 saturated carbocycles. The maximum atomic E-state index is 11.8. The summed E-state index contributed by atoms with van der Waals surface area (Å²) in [5, 5.41) is 29.6. The van der Waals surface area contributed by atoms with Crippen LogP contribution in [0, 0.1) is 0 Å². The van der Waals surface area contributed by atoms with Crippen LogP contribution in [0.1, 0.15) is 21.5 Å². The summed E-state index contributed by atoms with van der Waals surface area (Å²) in [5.41, 5.74) is 5.13. The fraction of sp³-hybridized carbons (Fsp3) is 0. The van der Waals surface area contributed by atoms with Gasteiger partial charge in [0.2, 0.25) is 0 Å². The van der Waals surface area contributed by atoms with E-state index in [1.165, 1.54) is 12.1 Å². The predicted molar refractivity (Wildman–Crippen MR) is 106 cm³/mol. The molecule has 0 amide bonds. The van der Waals surface area contributed by atoms with Crippen LogP contribution in [0.2, 0.25) is 0 Å². The molecule has 1 heterocycles. The summed E-state index contributed by atoms with van der Waals surface area (Å²) in [4.78, 5) is 11.8. The third-order valence-electron chi connectivity index (χ3n) is 4.20. The molecule has 0 saturated heterocycles. The van der Waals surface area contributed by atoms with E-state index in [4.69, 9.17) is 4.74 Å². The molecular formula is C20H10Br2O5. The van der Waals surface area contributed by atoms with Gasteiger partial charge >= 0.3 is 5.97 Å². The summed E-state index contributed by atoms with van der Waals surface area (Å²) in [5.74, 6) is -0.655. The number of aliphatic hydroxyl groups excluding tert-OH is 1. The SMILES string of the molecule is O=C(O)c1ccccc1C1=C2C=C(Br)C(O)=C=C2Oc2cc(O)c(Br)cc21. The number of halogens is 2. The molecule has 0 atom stereocenters. The zero-order chi connectivity index (χ0) is 19.3. The van der Waals surface area contributed by atoms with Crippen molar-refractivity contribution in [3.8, 4) is 11.5 Å². The second-order valence-corrected chi connectivity index (χ2v) is 7.54. The number of rotatable bonds is 2. The van der Waals surface area contributed by atoms with Crippen LogP contribution < -0.4 is 4.74 Å². The Labute approximate surface area is 170 Å². The number of carbonyl (C=O) groups is 1. The van der Waals surface area contributed by atoms with Crippen molar-refractivity contribution in [2.45, 2.75) is 0 Å². The van der Waals surface area contributed by atoms with E-state index in [-0.39, 0.29) is 22.8 Å². The summed E-state index contributed by atoms with van der Waals surface area (Å²) in [6, 6.07) is 9.73. The number of carboxylic acid groups (broad SMARTS) is 1. The summed E-state index contributed by atoms with van der Waals surface area (Å²) in [6.07, 6.45) is 1.65. The monoisotopic (exact) mass is 488 g/mol. The maximum Gasteiger partial charge on any atom is 0.336 e. The second kappa shape index (κ2) is 6.46. The zero-order valence-corrected chi connectivity index (χ0v) is 16.6. The quantitative estimate of drug-likeness (QED) is 0.500. The summed E-state index contributed by atoms with van der Waals surface area (Å²) < 4.78 is 6.66. The molecule has 4 rings (SSSR count). The number of ether oxygens (including phenoxy) is 1. The second-order valence-electron chi connectivity index (χ2n) is 5.84. The highest BCUT2D eigenvalue weighted by Gasteiger charge is 2.30. The Hall–Kier alpha value is -2.73. The molecule has 0 bridgehead atoms. The number of fused-ring (bicyclic) bond motifs is 2. The average molecular weight is 490 g/mol. The molecule has 2 aliphatic rings. The van der Waals surface area contributed by atoms with Gasteiger partial charge in [0.05, 0.1) is 14.5 Å². The molecule has 3 N–H and O–H groups in total. The third kappa shape index (κ3) is 2.90. The van der Waals surface area contributed by atoms with E-state index in [0.717, 1.165) is 0 Å². The molecule has 0 radical (unpaired) electrons. The number of carboxylic acids is 1. The number of phenolic OH excluding ortho intramolecular Hbond substituents is 1. The molecule has 7 heteroatoms. The number of aromatic hydroxyl groups is 1. The number of phenols is 1. The van der Waals surface area contributed by atoms with E-state index in [2.05, 4.69) is 37.6 Å². The first-order valence-electron chi connectivity index (χ1n) is 7.72. The Bertz CT molecular complexity index is 1150. The smallest absolute Gasteiger partial charge is 0.336 e. The van der Waals surface area contributed by atoms with Crippen molar-refractivity contribution >= 4 is 43.4 Å². The first-order chi connectivity index (χ1) is 12.9. The van der Waals surface area contributed by atoms with Crippen molar-refractivity contribution in [2.75, 3.05) is 0 Å². The molecule has 1 aliphatic carbocycles. The fourth-order valence-electron chi connectivity index (χ4n) is 3.02. The van der Waals surface area contributed by atoms with Crippen LogP contribution >= 0.6 is 31.9 Å². The van der Waals surface area contributed by atoms with Crippen molar-refractivity contribution in [1.29, 1.82) is 0 Å². The lowest BCUT2D eigenvalue weighted by Crippen LogP contribution is -2.13. The van der Waals surface area contributed by atoms with Gasteiger partial charge in [-0.2, -0.15) is 0 Å². The van der Waals surface area contributed by atoms with Crippen molar-refractivity contribution in [3.63, 3.8) is 0 Å². The third-order valence-corrected chi connectivity index (χ3v) is 5.44. The molecule has 134 valence electrons. The van der Waals surface area contributed by atoms with Gasteiger partial charge in [-0.25, -0.2) is 4.79 Å². The van der Waals surface area contributed by atoms with Gasteiger partial charge in [-0.05, 0) is 61.4 Å². The topological polar surface area (TPSA) is 87.0 Å². The number of hydrogen-bond donors (Lipinski definition) is 3. The molecule has 0 spiro atoms. The van der Waals surface area contributed by atoms with Crippen LogP contribution in [0.25, 0.3) is 5.57 Å². The van der Waals surface area contributed by atoms with E-state index >= 15 is 0 Å². The van der Waals surface area contributed by atoms with Gasteiger partial charge in [-0.1, -0.05) is 18.2 Å². The van der Waals surface area contributed by atoms with Crippen LogP contribution in [0.5, 0.6) is 11.5 Å². The molecular weight excluding hydrogens is 480 g/mol. The number of benzene rings is 2. The summed E-state index contributed by atoms with van der Waals surface area (Å²) in [6.45, 7) is 0. The lowest BCUT2D eigenvalue weighted by atomic mass is 9.86. The molecule has 2 aromatic carbocycles. The highest BCUT2D eigenvalue weighted by molar-refractivity contribution is 9.12. The normalized spacial score (nSPS) is 15.1. The van der Waals surface area contributed by atoms with Crippen LogP contribution in [0.4, 0.5) is 0 Å². The van der Waals surface area contributed by atoms with E-state index in [1.807, 2.05) is 0 Å². The van der Waals surface area contributed by atoms with Crippen LogP contribution in [-0.2, 0) is 0 Å². The van der Waals surface area contributed by atoms with Gasteiger partial charge < -0.3 is 20.1 Å². The molecule has 0 fully saturated rings. The molecule has 0 unspecified atom stereocenters. The lowest BCUT2D eigenvalue weighted by molar-refractivity contribution is 0.0696. The van der Waals surface area contributed by atoms with Crippen molar-refractivity contribution in [1.82, 2.24) is 0 Å². The average Bonchev–Trinajstić information content (AvgIpc) is 2.63. The first kappa shape index (κ1) is 17.7. The van der Waals surface area contributed by atoms with E-state index in [1.54, 1.807) is 30.3 Å². The predicted octanol–water partition coefficient (Wildman–Crippen LogP) is 5.26. The number of aliphatic hydroxyl groups is 1. The molecule has 1 aliphatic heterocycles. The van der Waals surface area contributed by atoms with Crippen molar-refractivity contribution in [3.05, 3.63) is 90.9 Å². The lowest BCUT2D eigenvalue weighted by Gasteiger charge is -2.26. The standard InChI is InChI=1S/C20H10Br2O5/c21-13-5-11-17(7-15(13)23)27-18-8-16(24)14(22)6-12(18)19(11)9-3-1-2-4-10(9)20(25)26/h1-7,23-24H,(H,25,26). The maximum absolute atomic E-state index is 11.8. The number of allylic oxidation sites excluding steroid dienone is 1. The van der Waals surface area contributed by atoms with Gasteiger partial charge in [-0.15, -0.1) is 0 Å². The van der Waals surface area contributed by atoms with Gasteiger partial charge in [0.1, 0.15) is 11.5 Å². The van der Waals surface area contributed by atoms with E-state index < -0.39 is 5.97 Å². The Kier molecular flexibility index (Phi) is 4.23. The molecule has 2 aromatic rings. The first-order valence-corrected chi connectivity index (χ1v) is 9.31. The Morgan fingerprint density at radius 1 is 1.07 bits per heavy atom. The highest BCUT2D eigenvalue weighted by atomic mass is 79.9.